The van der Waals surface area contributed by atoms with Gasteiger partial charge in [0.1, 0.15) is 11.5 Å². The first-order valence-electron chi connectivity index (χ1n) is 8.11. The number of carbonyl (C=O) groups excluding carboxylic acids is 1. The van der Waals surface area contributed by atoms with Crippen molar-refractivity contribution < 1.29 is 14.3 Å². The number of rotatable bonds is 5. The number of hydrogen-bond acceptors (Lipinski definition) is 5. The Kier molecular flexibility index (Phi) is 4.93. The predicted octanol–water partition coefficient (Wildman–Crippen LogP) is 3.37. The molecule has 6 nitrogen and oxygen atoms in total. The summed E-state index contributed by atoms with van der Waals surface area (Å²) in [6.45, 7) is 1.89. The molecule has 2 aromatic heterocycles. The summed E-state index contributed by atoms with van der Waals surface area (Å²) in [4.78, 5) is 20.8. The fourth-order valence-electron chi connectivity index (χ4n) is 2.77. The third-order valence-electron chi connectivity index (χ3n) is 4.12. The highest BCUT2D eigenvalue weighted by Crippen LogP contribution is 2.31. The maximum Gasteiger partial charge on any atom is 0.275 e. The molecule has 0 saturated heterocycles. The third kappa shape index (κ3) is 3.64. The van der Waals surface area contributed by atoms with Crippen LogP contribution in [0.1, 0.15) is 41.7 Å². The quantitative estimate of drug-likeness (QED) is 0.911. The highest BCUT2D eigenvalue weighted by atomic mass is 16.5. The van der Waals surface area contributed by atoms with E-state index in [1.54, 1.807) is 19.4 Å². The van der Waals surface area contributed by atoms with Crippen LogP contribution < -0.4 is 14.8 Å². The second-order valence-electron chi connectivity index (χ2n) is 5.87. The maximum absolute atomic E-state index is 12.4. The first kappa shape index (κ1) is 16.2. The average molecular weight is 327 g/mol. The van der Waals surface area contributed by atoms with Crippen LogP contribution in [-0.4, -0.2) is 29.1 Å². The average Bonchev–Trinajstić information content (AvgIpc) is 3.10. The maximum atomic E-state index is 12.4. The zero-order valence-corrected chi connectivity index (χ0v) is 13.9. The minimum atomic E-state index is -0.323. The molecule has 1 aliphatic rings. The van der Waals surface area contributed by atoms with Crippen molar-refractivity contribution >= 4 is 11.7 Å². The number of ether oxygens (including phenoxy) is 2. The number of carbonyl (C=O) groups is 1. The number of amides is 1. The van der Waals surface area contributed by atoms with E-state index in [4.69, 9.17) is 9.47 Å². The SMILES string of the molecule is COc1cnc(C(=O)Nc2ncccc2C)cc1OC1CCCC1. The van der Waals surface area contributed by atoms with E-state index < -0.39 is 0 Å². The van der Waals surface area contributed by atoms with Gasteiger partial charge in [0.2, 0.25) is 0 Å². The molecule has 1 N–H and O–H groups in total. The smallest absolute Gasteiger partial charge is 0.275 e. The molecule has 126 valence electrons. The predicted molar refractivity (Wildman–Crippen MR) is 90.6 cm³/mol. The van der Waals surface area contributed by atoms with E-state index in [1.807, 2.05) is 19.1 Å². The highest BCUT2D eigenvalue weighted by molar-refractivity contribution is 6.03. The summed E-state index contributed by atoms with van der Waals surface area (Å²) in [7, 11) is 1.56. The minimum absolute atomic E-state index is 0.176. The normalized spacial score (nSPS) is 14.4. The van der Waals surface area contributed by atoms with Crippen molar-refractivity contribution in [1.82, 2.24) is 9.97 Å². The monoisotopic (exact) mass is 327 g/mol. The third-order valence-corrected chi connectivity index (χ3v) is 4.12. The minimum Gasteiger partial charge on any atom is -0.491 e. The number of nitrogens with zero attached hydrogens (tertiary/aromatic N) is 2. The number of aromatic nitrogens is 2. The van der Waals surface area contributed by atoms with Gasteiger partial charge in [0, 0.05) is 12.3 Å². The van der Waals surface area contributed by atoms with Crippen LogP contribution in [0.5, 0.6) is 11.5 Å². The standard InChI is InChI=1S/C18H21N3O3/c1-12-6-5-9-19-17(12)21-18(22)14-10-15(16(23-2)11-20-14)24-13-7-3-4-8-13/h5-6,9-11,13H,3-4,7-8H2,1-2H3,(H,19,21,22). The first-order chi connectivity index (χ1) is 11.7. The van der Waals surface area contributed by atoms with Gasteiger partial charge in [-0.15, -0.1) is 0 Å². The summed E-state index contributed by atoms with van der Waals surface area (Å²) in [5.41, 5.74) is 1.16. The molecule has 3 rings (SSSR count). The van der Waals surface area contributed by atoms with Crippen LogP contribution in [0, 0.1) is 6.92 Å². The zero-order valence-electron chi connectivity index (χ0n) is 13.9. The molecule has 2 aromatic rings. The van der Waals surface area contributed by atoms with Crippen molar-refractivity contribution in [2.75, 3.05) is 12.4 Å². The number of pyridine rings is 2. The van der Waals surface area contributed by atoms with Crippen molar-refractivity contribution in [2.45, 2.75) is 38.7 Å². The molecule has 2 heterocycles. The Balaban J connectivity index is 1.79. The Labute approximate surface area is 141 Å². The molecule has 1 aliphatic carbocycles. The molecule has 0 radical (unpaired) electrons. The van der Waals surface area contributed by atoms with Crippen LogP contribution in [0.25, 0.3) is 0 Å². The number of hydrogen-bond donors (Lipinski definition) is 1. The molecular weight excluding hydrogens is 306 g/mol. The Morgan fingerprint density at radius 3 is 2.75 bits per heavy atom. The molecule has 0 atom stereocenters. The van der Waals surface area contributed by atoms with Crippen LogP contribution in [-0.2, 0) is 0 Å². The lowest BCUT2D eigenvalue weighted by atomic mass is 10.2. The van der Waals surface area contributed by atoms with Crippen LogP contribution in [0.15, 0.2) is 30.6 Å². The van der Waals surface area contributed by atoms with Crippen LogP contribution in [0.3, 0.4) is 0 Å². The van der Waals surface area contributed by atoms with Gasteiger partial charge < -0.3 is 14.8 Å². The Morgan fingerprint density at radius 1 is 1.25 bits per heavy atom. The number of nitrogens with one attached hydrogen (secondary N) is 1. The van der Waals surface area contributed by atoms with Gasteiger partial charge in [0.25, 0.3) is 5.91 Å². The summed E-state index contributed by atoms with van der Waals surface area (Å²) in [6.07, 6.45) is 7.73. The van der Waals surface area contributed by atoms with Crippen molar-refractivity contribution in [1.29, 1.82) is 0 Å². The molecular formula is C18H21N3O3. The van der Waals surface area contributed by atoms with E-state index >= 15 is 0 Å². The van der Waals surface area contributed by atoms with Crippen LogP contribution in [0.4, 0.5) is 5.82 Å². The first-order valence-corrected chi connectivity index (χ1v) is 8.11. The molecule has 0 bridgehead atoms. The Hall–Kier alpha value is -2.63. The molecule has 0 aromatic carbocycles. The van der Waals surface area contributed by atoms with Gasteiger partial charge in [-0.25, -0.2) is 9.97 Å². The fraction of sp³-hybridized carbons (Fsp3) is 0.389. The molecule has 0 aliphatic heterocycles. The molecule has 0 unspecified atom stereocenters. The van der Waals surface area contributed by atoms with Crippen LogP contribution >= 0.6 is 0 Å². The second kappa shape index (κ2) is 7.29. The topological polar surface area (TPSA) is 73.3 Å². The van der Waals surface area contributed by atoms with Gasteiger partial charge in [-0.05, 0) is 44.2 Å². The van der Waals surface area contributed by atoms with Gasteiger partial charge in [-0.1, -0.05) is 6.07 Å². The van der Waals surface area contributed by atoms with Crippen molar-refractivity contribution in [2.24, 2.45) is 0 Å². The fourth-order valence-corrected chi connectivity index (χ4v) is 2.77. The van der Waals surface area contributed by atoms with Crippen molar-refractivity contribution in [3.8, 4) is 11.5 Å². The molecule has 0 spiro atoms. The van der Waals surface area contributed by atoms with E-state index in [0.29, 0.717) is 17.3 Å². The van der Waals surface area contributed by atoms with Crippen LogP contribution in [0.2, 0.25) is 0 Å². The van der Waals surface area contributed by atoms with Gasteiger partial charge in [0.15, 0.2) is 11.5 Å². The highest BCUT2D eigenvalue weighted by Gasteiger charge is 2.20. The molecule has 1 saturated carbocycles. The summed E-state index contributed by atoms with van der Waals surface area (Å²) in [6, 6.07) is 5.34. The van der Waals surface area contributed by atoms with E-state index in [0.717, 1.165) is 18.4 Å². The number of methoxy groups -OCH3 is 1. The van der Waals surface area contributed by atoms with Gasteiger partial charge in [-0.3, -0.25) is 4.79 Å². The van der Waals surface area contributed by atoms with E-state index in [-0.39, 0.29) is 17.7 Å². The Bertz CT molecular complexity index is 727. The number of aryl methyl sites for hydroxylation is 1. The molecule has 1 amide bonds. The lowest BCUT2D eigenvalue weighted by Crippen LogP contribution is -2.17. The second-order valence-corrected chi connectivity index (χ2v) is 5.87. The van der Waals surface area contributed by atoms with Crippen molar-refractivity contribution in [3.05, 3.63) is 41.9 Å². The van der Waals surface area contributed by atoms with E-state index in [9.17, 15) is 4.79 Å². The van der Waals surface area contributed by atoms with Gasteiger partial charge >= 0.3 is 0 Å². The Morgan fingerprint density at radius 2 is 2.04 bits per heavy atom. The number of anilines is 1. The van der Waals surface area contributed by atoms with Crippen molar-refractivity contribution in [3.63, 3.8) is 0 Å². The van der Waals surface area contributed by atoms with E-state index in [2.05, 4.69) is 15.3 Å². The van der Waals surface area contributed by atoms with Gasteiger partial charge in [-0.2, -0.15) is 0 Å². The summed E-state index contributed by atoms with van der Waals surface area (Å²) >= 11 is 0. The van der Waals surface area contributed by atoms with E-state index in [1.165, 1.54) is 19.0 Å². The summed E-state index contributed by atoms with van der Waals surface area (Å²) < 4.78 is 11.3. The summed E-state index contributed by atoms with van der Waals surface area (Å²) in [5, 5.41) is 2.78. The lowest BCUT2D eigenvalue weighted by molar-refractivity contribution is 0.102. The summed E-state index contributed by atoms with van der Waals surface area (Å²) in [5.74, 6) is 1.30. The molecule has 24 heavy (non-hydrogen) atoms. The molecule has 6 heteroatoms. The lowest BCUT2D eigenvalue weighted by Gasteiger charge is -2.16. The molecule has 1 fully saturated rings. The zero-order chi connectivity index (χ0) is 16.9. The van der Waals surface area contributed by atoms with Gasteiger partial charge in [0.05, 0.1) is 19.4 Å². The largest absolute Gasteiger partial charge is 0.491 e.